The van der Waals surface area contributed by atoms with Gasteiger partial charge < -0.3 is 15.1 Å². The maximum atomic E-state index is 12.0. The number of aliphatic carboxylic acids is 2. The molecule has 2 aliphatic rings. The van der Waals surface area contributed by atoms with Gasteiger partial charge in [-0.15, -0.1) is 11.8 Å². The number of carboxylic acid groups (broad SMARTS) is 2. The number of allylic oxidation sites excluding steroid dienone is 1. The van der Waals surface area contributed by atoms with Crippen LogP contribution in [0.25, 0.3) is 0 Å². The van der Waals surface area contributed by atoms with Gasteiger partial charge in [-0.1, -0.05) is 0 Å². The molecule has 2 aliphatic heterocycles. The number of carbonyl (C=O) groups excluding carboxylic acids is 2. The highest BCUT2D eigenvalue weighted by molar-refractivity contribution is 8.02. The molecule has 2 saturated heterocycles. The van der Waals surface area contributed by atoms with Crippen LogP contribution in [0.4, 0.5) is 0 Å². The topological polar surface area (TPSA) is 112 Å². The van der Waals surface area contributed by atoms with E-state index in [0.29, 0.717) is 11.3 Å². The van der Waals surface area contributed by atoms with Crippen LogP contribution in [-0.2, 0) is 19.2 Å². The molecule has 0 aromatic carbocycles. The van der Waals surface area contributed by atoms with Gasteiger partial charge in [-0.2, -0.15) is 11.8 Å². The fourth-order valence-electron chi connectivity index (χ4n) is 2.41. The third-order valence-electron chi connectivity index (χ3n) is 3.83. The second kappa shape index (κ2) is 8.04. The van der Waals surface area contributed by atoms with Gasteiger partial charge in [0.05, 0.1) is 16.7 Å². The zero-order chi connectivity index (χ0) is 20.4. The lowest BCUT2D eigenvalue weighted by Crippen LogP contribution is -2.58. The lowest BCUT2D eigenvalue weighted by atomic mass is 9.95. The van der Waals surface area contributed by atoms with Crippen molar-refractivity contribution in [2.24, 2.45) is 5.41 Å². The Labute approximate surface area is 161 Å². The molecule has 9 heteroatoms. The summed E-state index contributed by atoms with van der Waals surface area (Å²) in [6.45, 7) is 8.60. The monoisotopic (exact) mass is 403 g/mol. The van der Waals surface area contributed by atoms with Crippen molar-refractivity contribution in [3.8, 4) is 0 Å². The van der Waals surface area contributed by atoms with Crippen LogP contribution in [0.1, 0.15) is 34.6 Å². The molecule has 0 radical (unpaired) electrons. The zero-order valence-electron chi connectivity index (χ0n) is 15.7. The number of hydrogen-bond donors (Lipinski definition) is 2. The number of fused-ring (bicyclic) bond motifs is 1. The summed E-state index contributed by atoms with van der Waals surface area (Å²) in [6, 6.07) is -0.831. The standard InChI is InChI=1S/C12H15NO4S2.C5H10O2/c1-12(2)8(11(16)17)13-9(15)7(10(13)19-12)4-6(14)5-18-3;1-5(2,3)4(6)7/h4,8,10H,5H2,1-3H3,(H,16,17);1-3H3,(H,6,7)/t8-,10+;/m0./s1. The highest BCUT2D eigenvalue weighted by atomic mass is 32.2. The Kier molecular flexibility index (Phi) is 6.98. The van der Waals surface area contributed by atoms with E-state index in [4.69, 9.17) is 5.11 Å². The van der Waals surface area contributed by atoms with E-state index in [1.54, 1.807) is 20.8 Å². The smallest absolute Gasteiger partial charge is 0.327 e. The van der Waals surface area contributed by atoms with Crippen LogP contribution in [0.2, 0.25) is 0 Å². The minimum Gasteiger partial charge on any atom is -0.481 e. The predicted octanol–water partition coefficient (Wildman–Crippen LogP) is 2.11. The second-order valence-electron chi connectivity index (χ2n) is 7.58. The highest BCUT2D eigenvalue weighted by Crippen LogP contribution is 2.52. The number of carbonyl (C=O) groups is 4. The van der Waals surface area contributed by atoms with Crippen LogP contribution >= 0.6 is 23.5 Å². The second-order valence-corrected chi connectivity index (χ2v) is 10.2. The molecule has 0 aromatic heterocycles. The highest BCUT2D eigenvalue weighted by Gasteiger charge is 2.61. The average molecular weight is 404 g/mol. The van der Waals surface area contributed by atoms with Crippen molar-refractivity contribution in [1.82, 2.24) is 4.90 Å². The first-order chi connectivity index (χ1) is 11.7. The normalized spacial score (nSPS) is 25.1. The Balaban J connectivity index is 0.000000412. The number of amides is 1. The molecule has 2 N–H and O–H groups in total. The summed E-state index contributed by atoms with van der Waals surface area (Å²) >= 11 is 2.82. The molecule has 2 fully saturated rings. The Morgan fingerprint density at radius 3 is 2.15 bits per heavy atom. The van der Waals surface area contributed by atoms with Crippen LogP contribution in [0.5, 0.6) is 0 Å². The molecule has 7 nitrogen and oxygen atoms in total. The minimum atomic E-state index is -0.997. The van der Waals surface area contributed by atoms with Gasteiger partial charge in [0.1, 0.15) is 11.4 Å². The van der Waals surface area contributed by atoms with Crippen LogP contribution in [0.15, 0.2) is 11.6 Å². The van der Waals surface area contributed by atoms with E-state index in [-0.39, 0.29) is 17.1 Å². The fourth-order valence-corrected chi connectivity index (χ4v) is 4.33. The number of nitrogens with zero attached hydrogens (tertiary/aromatic N) is 1. The van der Waals surface area contributed by atoms with Crippen molar-refractivity contribution in [3.05, 3.63) is 11.6 Å². The summed E-state index contributed by atoms with van der Waals surface area (Å²) < 4.78 is -0.551. The molecule has 0 unspecified atom stereocenters. The van der Waals surface area contributed by atoms with Crippen molar-refractivity contribution < 1.29 is 29.4 Å². The van der Waals surface area contributed by atoms with E-state index in [9.17, 15) is 24.3 Å². The van der Waals surface area contributed by atoms with E-state index in [1.807, 2.05) is 20.1 Å². The predicted molar refractivity (Wildman–Crippen MR) is 102 cm³/mol. The molecule has 0 spiro atoms. The summed E-state index contributed by atoms with van der Waals surface area (Å²) in [7, 11) is 0. The number of carboxylic acids is 2. The van der Waals surface area contributed by atoms with Crippen LogP contribution < -0.4 is 0 Å². The number of ketones is 1. The minimum absolute atomic E-state index is 0.104. The SMILES string of the molecule is CC(C)(C)C(=O)O.CSCC(=O)C=C1C(=O)N2[C@@H]1SC(C)(C)[C@@H]2C(=O)O. The first-order valence-corrected chi connectivity index (χ1v) is 10.2. The molecule has 0 aliphatic carbocycles. The molecule has 0 saturated carbocycles. The van der Waals surface area contributed by atoms with E-state index in [0.717, 1.165) is 0 Å². The van der Waals surface area contributed by atoms with Gasteiger partial charge in [0.2, 0.25) is 0 Å². The number of rotatable bonds is 4. The molecule has 2 atom stereocenters. The third-order valence-corrected chi connectivity index (χ3v) is 5.94. The Morgan fingerprint density at radius 2 is 1.77 bits per heavy atom. The lowest BCUT2D eigenvalue weighted by molar-refractivity contribution is -0.152. The summed E-state index contributed by atoms with van der Waals surface area (Å²) in [4.78, 5) is 46.2. The van der Waals surface area contributed by atoms with Gasteiger partial charge in [0.25, 0.3) is 5.91 Å². The van der Waals surface area contributed by atoms with Crippen LogP contribution in [0.3, 0.4) is 0 Å². The van der Waals surface area contributed by atoms with E-state index >= 15 is 0 Å². The van der Waals surface area contributed by atoms with E-state index < -0.39 is 28.1 Å². The van der Waals surface area contributed by atoms with Gasteiger partial charge >= 0.3 is 11.9 Å². The van der Waals surface area contributed by atoms with Crippen LogP contribution in [-0.4, -0.2) is 66.9 Å². The first kappa shape index (κ1) is 22.6. The summed E-state index contributed by atoms with van der Waals surface area (Å²) in [5, 5.41) is 17.2. The average Bonchev–Trinajstić information content (AvgIpc) is 2.73. The molecular formula is C17H25NO6S2. The largest absolute Gasteiger partial charge is 0.481 e. The number of thioether (sulfide) groups is 2. The molecule has 1 amide bonds. The van der Waals surface area contributed by atoms with Crippen molar-refractivity contribution in [2.45, 2.75) is 50.8 Å². The molecule has 0 aromatic rings. The molecule has 2 rings (SSSR count). The number of hydrogen-bond acceptors (Lipinski definition) is 6. The van der Waals surface area contributed by atoms with Gasteiger partial charge in [-0.25, -0.2) is 4.79 Å². The first-order valence-electron chi connectivity index (χ1n) is 7.94. The van der Waals surface area contributed by atoms with E-state index in [1.165, 1.54) is 34.5 Å². The lowest BCUT2D eigenvalue weighted by Gasteiger charge is -2.38. The molecule has 2 heterocycles. The van der Waals surface area contributed by atoms with Crippen molar-refractivity contribution in [1.29, 1.82) is 0 Å². The fraction of sp³-hybridized carbons (Fsp3) is 0.647. The van der Waals surface area contributed by atoms with Crippen LogP contribution in [0, 0.1) is 5.41 Å². The Bertz CT molecular complexity index is 650. The Morgan fingerprint density at radius 1 is 1.27 bits per heavy atom. The summed E-state index contributed by atoms with van der Waals surface area (Å²) in [5.74, 6) is -1.85. The summed E-state index contributed by atoms with van der Waals surface area (Å²) in [6.07, 6.45) is 3.19. The van der Waals surface area contributed by atoms with Gasteiger partial charge in [0.15, 0.2) is 5.78 Å². The molecular weight excluding hydrogens is 378 g/mol. The van der Waals surface area contributed by atoms with Crippen molar-refractivity contribution >= 4 is 47.2 Å². The quantitative estimate of drug-likeness (QED) is 0.542. The van der Waals surface area contributed by atoms with Crippen molar-refractivity contribution in [2.75, 3.05) is 12.0 Å². The van der Waals surface area contributed by atoms with E-state index in [2.05, 4.69) is 0 Å². The third kappa shape index (κ3) is 4.82. The molecule has 26 heavy (non-hydrogen) atoms. The van der Waals surface area contributed by atoms with Crippen molar-refractivity contribution in [3.63, 3.8) is 0 Å². The molecule has 146 valence electrons. The number of β-lactam (4-membered cyclic amide) rings is 1. The Hall–Kier alpha value is -1.48. The summed E-state index contributed by atoms with van der Waals surface area (Å²) in [5.41, 5.74) is -0.152. The van der Waals surface area contributed by atoms with Gasteiger partial charge in [0, 0.05) is 4.75 Å². The maximum Gasteiger partial charge on any atom is 0.327 e. The zero-order valence-corrected chi connectivity index (χ0v) is 17.4. The maximum absolute atomic E-state index is 12.0. The van der Waals surface area contributed by atoms with Gasteiger partial charge in [-0.05, 0) is 47.0 Å². The molecule has 0 bridgehead atoms. The van der Waals surface area contributed by atoms with Gasteiger partial charge in [-0.3, -0.25) is 14.4 Å².